The molecule has 0 N–H and O–H groups in total. The number of hydrogen-bond acceptors (Lipinski definition) is 0. The van der Waals surface area contributed by atoms with Crippen LogP contribution in [0.3, 0.4) is 0 Å². The first-order valence-electron chi connectivity index (χ1n) is 5.80. The summed E-state index contributed by atoms with van der Waals surface area (Å²) in [7, 11) is 0. The van der Waals surface area contributed by atoms with Gasteiger partial charge < -0.3 is 0 Å². The van der Waals surface area contributed by atoms with Crippen molar-refractivity contribution in [1.29, 1.82) is 0 Å². The van der Waals surface area contributed by atoms with Gasteiger partial charge in [-0.2, -0.15) is 0 Å². The Morgan fingerprint density at radius 1 is 0.824 bits per heavy atom. The Bertz CT molecular complexity index is 665. The first-order chi connectivity index (χ1) is 8.33. The maximum Gasteiger partial charge on any atom is -0.00990 e. The Balaban J connectivity index is 2.18. The third-order valence-corrected chi connectivity index (χ3v) is 3.02. The zero-order chi connectivity index (χ0) is 11.7. The first kappa shape index (κ1) is 10.1. The van der Waals surface area contributed by atoms with Gasteiger partial charge in [0.15, 0.2) is 0 Å². The van der Waals surface area contributed by atoms with Gasteiger partial charge in [-0.3, -0.25) is 0 Å². The van der Waals surface area contributed by atoms with Crippen molar-refractivity contribution in [2.45, 2.75) is 6.92 Å². The highest BCUT2D eigenvalue weighted by atomic mass is 14.0. The summed E-state index contributed by atoms with van der Waals surface area (Å²) in [5.41, 5.74) is 3.66. The van der Waals surface area contributed by atoms with E-state index in [2.05, 4.69) is 67.6 Å². The highest BCUT2D eigenvalue weighted by molar-refractivity contribution is 5.87. The quantitative estimate of drug-likeness (QED) is 0.558. The van der Waals surface area contributed by atoms with Gasteiger partial charge in [0, 0.05) is 0 Å². The molecule has 3 rings (SSSR count). The summed E-state index contributed by atoms with van der Waals surface area (Å²) in [5.74, 6) is 0. The van der Waals surface area contributed by atoms with Crippen molar-refractivity contribution >= 4 is 10.8 Å². The monoisotopic (exact) mass is 217 g/mol. The molecule has 81 valence electrons. The minimum Gasteiger partial charge on any atom is -0.0616 e. The molecule has 17 heavy (non-hydrogen) atoms. The lowest BCUT2D eigenvalue weighted by Crippen LogP contribution is -1.80. The molecule has 0 amide bonds. The van der Waals surface area contributed by atoms with Crippen LogP contribution in [-0.4, -0.2) is 0 Å². The molecular formula is C17H13. The van der Waals surface area contributed by atoms with Crippen LogP contribution in [0, 0.1) is 13.0 Å². The number of rotatable bonds is 1. The van der Waals surface area contributed by atoms with E-state index in [0.717, 1.165) is 5.56 Å². The van der Waals surface area contributed by atoms with Crippen LogP contribution in [0.1, 0.15) is 5.56 Å². The van der Waals surface area contributed by atoms with Crippen LogP contribution in [0.2, 0.25) is 0 Å². The Morgan fingerprint density at radius 2 is 1.65 bits per heavy atom. The summed E-state index contributed by atoms with van der Waals surface area (Å²) >= 11 is 0. The van der Waals surface area contributed by atoms with Crippen LogP contribution in [0.4, 0.5) is 0 Å². The summed E-state index contributed by atoms with van der Waals surface area (Å²) < 4.78 is 0. The molecule has 0 saturated carbocycles. The lowest BCUT2D eigenvalue weighted by molar-refractivity contribution is 1.46. The average molecular weight is 217 g/mol. The Labute approximate surface area is 102 Å². The van der Waals surface area contributed by atoms with E-state index in [1.807, 2.05) is 6.07 Å². The van der Waals surface area contributed by atoms with E-state index in [4.69, 9.17) is 0 Å². The van der Waals surface area contributed by atoms with Crippen LogP contribution < -0.4 is 0 Å². The van der Waals surface area contributed by atoms with Crippen LogP contribution in [0.5, 0.6) is 0 Å². The normalized spacial score (nSPS) is 10.6. The van der Waals surface area contributed by atoms with Crippen molar-refractivity contribution in [3.05, 3.63) is 72.3 Å². The van der Waals surface area contributed by atoms with Crippen LogP contribution >= 0.6 is 0 Å². The van der Waals surface area contributed by atoms with Crippen molar-refractivity contribution in [3.8, 4) is 11.1 Å². The molecule has 0 saturated heterocycles. The minimum atomic E-state index is 1.16. The molecule has 1 radical (unpaired) electrons. The molecule has 0 heteroatoms. The molecule has 0 aliphatic rings. The molecule has 3 aromatic rings. The van der Waals surface area contributed by atoms with Gasteiger partial charge >= 0.3 is 0 Å². The largest absolute Gasteiger partial charge is 0.0616 e. The van der Waals surface area contributed by atoms with Crippen molar-refractivity contribution in [2.24, 2.45) is 0 Å². The fraction of sp³-hybridized carbons (Fsp3) is 0.0588. The minimum absolute atomic E-state index is 1.16. The maximum atomic E-state index is 3.29. The van der Waals surface area contributed by atoms with Gasteiger partial charge in [0.25, 0.3) is 0 Å². The second kappa shape index (κ2) is 4.06. The fourth-order valence-corrected chi connectivity index (χ4v) is 2.10. The summed E-state index contributed by atoms with van der Waals surface area (Å²) in [6.45, 7) is 2.11. The Morgan fingerprint density at radius 3 is 2.47 bits per heavy atom. The lowest BCUT2D eigenvalue weighted by Gasteiger charge is -2.04. The number of fused-ring (bicyclic) bond motifs is 1. The zero-order valence-electron chi connectivity index (χ0n) is 9.77. The molecule has 0 nitrogen and oxygen atoms in total. The topological polar surface area (TPSA) is 0 Å². The molecule has 0 aliphatic carbocycles. The third-order valence-electron chi connectivity index (χ3n) is 3.02. The van der Waals surface area contributed by atoms with E-state index < -0.39 is 0 Å². The molecule has 0 aliphatic heterocycles. The first-order valence-corrected chi connectivity index (χ1v) is 5.80. The smallest absolute Gasteiger partial charge is 0.00990 e. The average Bonchev–Trinajstić information content (AvgIpc) is 2.38. The lowest BCUT2D eigenvalue weighted by atomic mass is 10.0. The van der Waals surface area contributed by atoms with E-state index in [1.54, 1.807) is 0 Å². The summed E-state index contributed by atoms with van der Waals surface area (Å²) in [4.78, 5) is 0. The van der Waals surface area contributed by atoms with Crippen LogP contribution in [-0.2, 0) is 0 Å². The fourth-order valence-electron chi connectivity index (χ4n) is 2.10. The van der Waals surface area contributed by atoms with Gasteiger partial charge in [0.1, 0.15) is 0 Å². The van der Waals surface area contributed by atoms with Crippen LogP contribution in [0.25, 0.3) is 21.9 Å². The summed E-state index contributed by atoms with van der Waals surface area (Å²) in [5, 5.41) is 2.56. The second-order valence-electron chi connectivity index (χ2n) is 4.34. The van der Waals surface area contributed by atoms with Gasteiger partial charge in [0.05, 0.1) is 0 Å². The number of benzene rings is 3. The van der Waals surface area contributed by atoms with Gasteiger partial charge in [-0.15, -0.1) is 0 Å². The highest BCUT2D eigenvalue weighted by Crippen LogP contribution is 2.24. The van der Waals surface area contributed by atoms with Gasteiger partial charge in [-0.25, -0.2) is 0 Å². The maximum absolute atomic E-state index is 3.29. The molecule has 0 heterocycles. The van der Waals surface area contributed by atoms with Gasteiger partial charge in [-0.05, 0) is 41.0 Å². The predicted molar refractivity (Wildman–Crippen MR) is 73.0 cm³/mol. The highest BCUT2D eigenvalue weighted by Gasteiger charge is 1.99. The standard InChI is InChI=1S/C17H13/c1-13-5-4-8-15(11-13)17-10-9-14-6-2-3-7-16(14)12-17/h2-7,9-12H,1H3. The SMILES string of the molecule is Cc1cc[c]c(-c2ccc3ccccc3c2)c1. The van der Waals surface area contributed by atoms with E-state index in [9.17, 15) is 0 Å². The van der Waals surface area contributed by atoms with Crippen LogP contribution in [0.15, 0.2) is 60.7 Å². The van der Waals surface area contributed by atoms with E-state index in [1.165, 1.54) is 21.9 Å². The molecular weight excluding hydrogens is 204 g/mol. The van der Waals surface area contributed by atoms with Crippen molar-refractivity contribution < 1.29 is 0 Å². The number of aryl methyl sites for hydroxylation is 1. The summed E-state index contributed by atoms with van der Waals surface area (Å²) in [6.07, 6.45) is 0. The van der Waals surface area contributed by atoms with E-state index >= 15 is 0 Å². The molecule has 0 spiro atoms. The van der Waals surface area contributed by atoms with E-state index in [-0.39, 0.29) is 0 Å². The molecule has 0 fully saturated rings. The Kier molecular flexibility index (Phi) is 2.41. The van der Waals surface area contributed by atoms with Crippen molar-refractivity contribution in [1.82, 2.24) is 0 Å². The molecule has 0 bridgehead atoms. The van der Waals surface area contributed by atoms with Gasteiger partial charge in [-0.1, -0.05) is 60.2 Å². The second-order valence-corrected chi connectivity index (χ2v) is 4.34. The zero-order valence-corrected chi connectivity index (χ0v) is 9.77. The molecule has 0 aromatic heterocycles. The Hall–Kier alpha value is -2.08. The van der Waals surface area contributed by atoms with Crippen molar-refractivity contribution in [2.75, 3.05) is 0 Å². The predicted octanol–water partition coefficient (Wildman–Crippen LogP) is 4.62. The summed E-state index contributed by atoms with van der Waals surface area (Å²) in [6, 6.07) is 24.5. The number of hydrogen-bond donors (Lipinski definition) is 0. The molecule has 0 atom stereocenters. The van der Waals surface area contributed by atoms with Gasteiger partial charge in [0.2, 0.25) is 0 Å². The van der Waals surface area contributed by atoms with Crippen molar-refractivity contribution in [3.63, 3.8) is 0 Å². The molecule has 0 unspecified atom stereocenters. The molecule has 3 aromatic carbocycles. The third kappa shape index (κ3) is 1.94. The van der Waals surface area contributed by atoms with E-state index in [0.29, 0.717) is 0 Å².